The maximum absolute atomic E-state index is 12.7. The number of halogens is 1. The van der Waals surface area contributed by atoms with Crippen LogP contribution in [0.5, 0.6) is 5.75 Å². The number of benzene rings is 1. The molecule has 0 fully saturated rings. The molecule has 0 spiro atoms. The summed E-state index contributed by atoms with van der Waals surface area (Å²) in [7, 11) is 1.31. The number of esters is 1. The Labute approximate surface area is 124 Å². The molecule has 1 heterocycles. The molecule has 0 saturated carbocycles. The van der Waals surface area contributed by atoms with Crippen molar-refractivity contribution in [3.8, 4) is 5.75 Å². The molecule has 112 valence electrons. The molecule has 0 amide bonds. The van der Waals surface area contributed by atoms with Gasteiger partial charge in [0.2, 0.25) is 0 Å². The maximum Gasteiger partial charge on any atom is 0.319 e. The molecule has 0 bridgehead atoms. The number of hydrogen-bond donors (Lipinski definition) is 0. The zero-order valence-corrected chi connectivity index (χ0v) is 12.2. The lowest BCUT2D eigenvalue weighted by molar-refractivity contribution is -0.139. The van der Waals surface area contributed by atoms with Gasteiger partial charge in [0.25, 0.3) is 11.1 Å². The van der Waals surface area contributed by atoms with Gasteiger partial charge in [-0.3, -0.25) is 4.79 Å². The minimum atomic E-state index is -0.443. The van der Waals surface area contributed by atoms with Gasteiger partial charge in [-0.1, -0.05) is 11.8 Å². The van der Waals surface area contributed by atoms with Gasteiger partial charge in [0.05, 0.1) is 7.11 Å². The Morgan fingerprint density at radius 1 is 1.38 bits per heavy atom. The summed E-state index contributed by atoms with van der Waals surface area (Å²) >= 11 is 1.10. The maximum atomic E-state index is 12.7. The summed E-state index contributed by atoms with van der Waals surface area (Å²) in [6.07, 6.45) is 0. The van der Waals surface area contributed by atoms with E-state index in [9.17, 15) is 9.18 Å². The van der Waals surface area contributed by atoms with Crippen molar-refractivity contribution in [1.29, 1.82) is 0 Å². The van der Waals surface area contributed by atoms with Crippen molar-refractivity contribution in [1.82, 2.24) is 10.2 Å². The van der Waals surface area contributed by atoms with E-state index >= 15 is 0 Å². The molecule has 0 unspecified atom stereocenters. The van der Waals surface area contributed by atoms with Crippen LogP contribution < -0.4 is 4.74 Å². The molecule has 2 aromatic rings. The number of thioether (sulfide) groups is 1. The molecule has 1 aromatic heterocycles. The summed E-state index contributed by atoms with van der Waals surface area (Å²) in [6, 6.07) is 5.59. The second kappa shape index (κ2) is 7.07. The number of nitrogens with zero attached hydrogens (tertiary/aromatic N) is 2. The van der Waals surface area contributed by atoms with E-state index < -0.39 is 5.25 Å². The van der Waals surface area contributed by atoms with Crippen LogP contribution in [0.3, 0.4) is 0 Å². The lowest BCUT2D eigenvalue weighted by atomic mass is 10.3. The van der Waals surface area contributed by atoms with Crippen LogP contribution in [0.2, 0.25) is 0 Å². The Balaban J connectivity index is 1.88. The first-order chi connectivity index (χ1) is 10.1. The van der Waals surface area contributed by atoms with E-state index in [1.165, 1.54) is 31.4 Å². The molecule has 6 nitrogen and oxygen atoms in total. The Morgan fingerprint density at radius 2 is 2.10 bits per heavy atom. The fourth-order valence-electron chi connectivity index (χ4n) is 1.39. The van der Waals surface area contributed by atoms with Gasteiger partial charge in [-0.2, -0.15) is 0 Å². The standard InChI is InChI=1S/C13H13FN2O4S/c1-8(12(17)18-2)21-13-16-15-11(20-13)7-19-10-5-3-9(14)4-6-10/h3-6,8H,7H2,1-2H3/t8-/m0/s1. The van der Waals surface area contributed by atoms with Crippen LogP contribution in [0.1, 0.15) is 12.8 Å². The van der Waals surface area contributed by atoms with Gasteiger partial charge in [0.1, 0.15) is 16.8 Å². The van der Waals surface area contributed by atoms with Crippen molar-refractivity contribution in [2.45, 2.75) is 24.0 Å². The first-order valence-corrected chi connectivity index (χ1v) is 6.91. The highest BCUT2D eigenvalue weighted by molar-refractivity contribution is 8.00. The second-order valence-corrected chi connectivity index (χ2v) is 5.28. The van der Waals surface area contributed by atoms with Crippen LogP contribution in [0.25, 0.3) is 0 Å². The number of methoxy groups -OCH3 is 1. The second-order valence-electron chi connectivity index (χ2n) is 3.99. The van der Waals surface area contributed by atoms with Gasteiger partial charge in [-0.15, -0.1) is 10.2 Å². The lowest BCUT2D eigenvalue weighted by Gasteiger charge is -2.04. The van der Waals surface area contributed by atoms with E-state index in [1.54, 1.807) is 6.92 Å². The van der Waals surface area contributed by atoms with Gasteiger partial charge in [-0.25, -0.2) is 4.39 Å². The van der Waals surface area contributed by atoms with Crippen LogP contribution in [-0.2, 0) is 16.1 Å². The largest absolute Gasteiger partial charge is 0.484 e. The molecule has 0 aliphatic rings. The van der Waals surface area contributed by atoms with Crippen LogP contribution in [0, 0.1) is 5.82 Å². The van der Waals surface area contributed by atoms with E-state index in [-0.39, 0.29) is 29.5 Å². The molecule has 2 rings (SSSR count). The van der Waals surface area contributed by atoms with Crippen LogP contribution in [0.15, 0.2) is 33.9 Å². The third-order valence-electron chi connectivity index (χ3n) is 2.43. The third kappa shape index (κ3) is 4.45. The minimum Gasteiger partial charge on any atom is -0.484 e. The zero-order chi connectivity index (χ0) is 15.2. The Hall–Kier alpha value is -2.09. The van der Waals surface area contributed by atoms with Gasteiger partial charge in [0.15, 0.2) is 6.61 Å². The highest BCUT2D eigenvalue weighted by atomic mass is 32.2. The molecule has 0 radical (unpaired) electrons. The third-order valence-corrected chi connectivity index (χ3v) is 3.35. The monoisotopic (exact) mass is 312 g/mol. The topological polar surface area (TPSA) is 74.5 Å². The average molecular weight is 312 g/mol. The molecule has 1 aromatic carbocycles. The molecule has 0 saturated heterocycles. The SMILES string of the molecule is COC(=O)[C@H](C)Sc1nnc(COc2ccc(F)cc2)o1. The van der Waals surface area contributed by atoms with E-state index in [1.807, 2.05) is 0 Å². The molecule has 0 aliphatic heterocycles. The lowest BCUT2D eigenvalue weighted by Crippen LogP contribution is -2.14. The highest BCUT2D eigenvalue weighted by Crippen LogP contribution is 2.23. The van der Waals surface area contributed by atoms with Crippen molar-refractivity contribution < 1.29 is 23.1 Å². The number of ether oxygens (including phenoxy) is 2. The molecular formula is C13H13FN2O4S. The van der Waals surface area contributed by atoms with E-state index in [2.05, 4.69) is 14.9 Å². The van der Waals surface area contributed by atoms with Gasteiger partial charge >= 0.3 is 5.97 Å². The van der Waals surface area contributed by atoms with Crippen molar-refractivity contribution in [2.75, 3.05) is 7.11 Å². The molecule has 8 heteroatoms. The summed E-state index contributed by atoms with van der Waals surface area (Å²) in [5.74, 6) is 0.0450. The summed E-state index contributed by atoms with van der Waals surface area (Å²) in [5.41, 5.74) is 0. The van der Waals surface area contributed by atoms with E-state index in [0.29, 0.717) is 5.75 Å². The Morgan fingerprint density at radius 3 is 2.76 bits per heavy atom. The summed E-state index contributed by atoms with van der Waals surface area (Å²) in [4.78, 5) is 11.3. The number of carbonyl (C=O) groups excluding carboxylic acids is 1. The summed E-state index contributed by atoms with van der Waals surface area (Å²) < 4.78 is 28.0. The Kier molecular flexibility index (Phi) is 5.15. The van der Waals surface area contributed by atoms with E-state index in [4.69, 9.17) is 9.15 Å². The minimum absolute atomic E-state index is 0.0613. The quantitative estimate of drug-likeness (QED) is 0.599. The zero-order valence-electron chi connectivity index (χ0n) is 11.4. The number of hydrogen-bond acceptors (Lipinski definition) is 7. The van der Waals surface area contributed by atoms with Gasteiger partial charge in [-0.05, 0) is 31.2 Å². The molecule has 0 N–H and O–H groups in total. The van der Waals surface area contributed by atoms with E-state index in [0.717, 1.165) is 11.8 Å². The summed E-state index contributed by atoms with van der Waals surface area (Å²) in [6.45, 7) is 1.74. The number of aromatic nitrogens is 2. The predicted octanol–water partition coefficient (Wildman–Crippen LogP) is 2.44. The highest BCUT2D eigenvalue weighted by Gasteiger charge is 2.18. The van der Waals surface area contributed by atoms with Crippen LogP contribution >= 0.6 is 11.8 Å². The van der Waals surface area contributed by atoms with Crippen molar-refractivity contribution in [2.24, 2.45) is 0 Å². The smallest absolute Gasteiger partial charge is 0.319 e. The molecular weight excluding hydrogens is 299 g/mol. The average Bonchev–Trinajstić information content (AvgIpc) is 2.93. The van der Waals surface area contributed by atoms with Crippen molar-refractivity contribution in [3.05, 3.63) is 36.0 Å². The predicted molar refractivity (Wildman–Crippen MR) is 72.4 cm³/mol. The van der Waals surface area contributed by atoms with Crippen LogP contribution in [-0.4, -0.2) is 28.5 Å². The molecule has 1 atom stereocenters. The first-order valence-electron chi connectivity index (χ1n) is 6.03. The van der Waals surface area contributed by atoms with Crippen LogP contribution in [0.4, 0.5) is 4.39 Å². The fraction of sp³-hybridized carbons (Fsp3) is 0.308. The molecule has 0 aliphatic carbocycles. The first kappa shape index (κ1) is 15.3. The number of rotatable bonds is 6. The van der Waals surface area contributed by atoms with Crippen molar-refractivity contribution >= 4 is 17.7 Å². The summed E-state index contributed by atoms with van der Waals surface area (Å²) in [5, 5.41) is 7.41. The normalized spacial score (nSPS) is 12.0. The Bertz CT molecular complexity index is 602. The van der Waals surface area contributed by atoms with Gasteiger partial charge < -0.3 is 13.9 Å². The number of carbonyl (C=O) groups is 1. The van der Waals surface area contributed by atoms with Gasteiger partial charge in [0, 0.05) is 0 Å². The van der Waals surface area contributed by atoms with Crippen molar-refractivity contribution in [3.63, 3.8) is 0 Å². The fourth-order valence-corrected chi connectivity index (χ4v) is 2.11. The molecule has 21 heavy (non-hydrogen) atoms.